The molecule has 0 saturated carbocycles. The monoisotopic (exact) mass is 373 g/mol. The summed E-state index contributed by atoms with van der Waals surface area (Å²) in [7, 11) is 0. The molecular formula is C20H24ClN3O2. The lowest BCUT2D eigenvalue weighted by atomic mass is 9.85. The van der Waals surface area contributed by atoms with Gasteiger partial charge in [-0.3, -0.25) is 24.3 Å². The highest BCUT2D eigenvalue weighted by Crippen LogP contribution is 2.35. The maximum absolute atomic E-state index is 12.6. The van der Waals surface area contributed by atoms with Crippen LogP contribution >= 0.6 is 11.6 Å². The first kappa shape index (κ1) is 17.7. The summed E-state index contributed by atoms with van der Waals surface area (Å²) in [5.74, 6) is -0.210. The molecule has 1 aliphatic carbocycles. The van der Waals surface area contributed by atoms with Crippen molar-refractivity contribution in [2.75, 3.05) is 32.8 Å². The fourth-order valence-electron chi connectivity index (χ4n) is 4.15. The zero-order valence-electron chi connectivity index (χ0n) is 14.8. The number of carbonyl (C=O) groups excluding carboxylic acids is 2. The molecule has 2 amide bonds. The van der Waals surface area contributed by atoms with Gasteiger partial charge in [0.25, 0.3) is 0 Å². The number of allylic oxidation sites excluding steroid dienone is 2. The van der Waals surface area contributed by atoms with Crippen LogP contribution in [-0.2, 0) is 16.1 Å². The molecule has 2 atom stereocenters. The molecule has 2 fully saturated rings. The average Bonchev–Trinajstić information content (AvgIpc) is 2.90. The van der Waals surface area contributed by atoms with E-state index in [4.69, 9.17) is 11.6 Å². The van der Waals surface area contributed by atoms with E-state index in [0.717, 1.165) is 37.7 Å². The molecule has 26 heavy (non-hydrogen) atoms. The van der Waals surface area contributed by atoms with E-state index in [2.05, 4.69) is 21.9 Å². The Morgan fingerprint density at radius 2 is 1.38 bits per heavy atom. The smallest absolute Gasteiger partial charge is 0.234 e. The lowest BCUT2D eigenvalue weighted by Gasteiger charge is -2.36. The van der Waals surface area contributed by atoms with Gasteiger partial charge < -0.3 is 0 Å². The van der Waals surface area contributed by atoms with E-state index < -0.39 is 0 Å². The van der Waals surface area contributed by atoms with E-state index in [1.807, 2.05) is 24.3 Å². The number of carbonyl (C=O) groups is 2. The standard InChI is InChI=1S/C20H24ClN3O2/c21-16-7-5-15(6-8-16)13-22-9-11-23(12-10-22)14-24-19(25)17-3-1-2-4-18(17)20(24)26/h1-2,5-8,17-18H,3-4,9-14H2/t17-,18+. The predicted molar refractivity (Wildman–Crippen MR) is 100 cm³/mol. The second-order valence-corrected chi connectivity index (χ2v) is 7.86. The van der Waals surface area contributed by atoms with Gasteiger partial charge in [0.05, 0.1) is 18.5 Å². The summed E-state index contributed by atoms with van der Waals surface area (Å²) >= 11 is 5.94. The largest absolute Gasteiger partial charge is 0.297 e. The molecule has 4 rings (SSSR count). The summed E-state index contributed by atoms with van der Waals surface area (Å²) in [5, 5.41) is 0.759. The van der Waals surface area contributed by atoms with Crippen molar-refractivity contribution < 1.29 is 9.59 Å². The van der Waals surface area contributed by atoms with Gasteiger partial charge in [0.2, 0.25) is 11.8 Å². The van der Waals surface area contributed by atoms with E-state index in [1.54, 1.807) is 0 Å². The number of hydrogen-bond donors (Lipinski definition) is 0. The third-order valence-electron chi connectivity index (χ3n) is 5.72. The lowest BCUT2D eigenvalue weighted by Crippen LogP contribution is -2.51. The van der Waals surface area contributed by atoms with E-state index in [-0.39, 0.29) is 23.7 Å². The van der Waals surface area contributed by atoms with Crippen molar-refractivity contribution in [2.45, 2.75) is 19.4 Å². The highest BCUT2D eigenvalue weighted by atomic mass is 35.5. The first-order valence-electron chi connectivity index (χ1n) is 9.31. The average molecular weight is 374 g/mol. The van der Waals surface area contributed by atoms with Crippen molar-refractivity contribution >= 4 is 23.4 Å². The zero-order chi connectivity index (χ0) is 18.1. The molecule has 0 unspecified atom stereocenters. The number of rotatable bonds is 4. The van der Waals surface area contributed by atoms with Gasteiger partial charge in [-0.05, 0) is 30.5 Å². The Labute approximate surface area is 159 Å². The number of halogens is 1. The highest BCUT2D eigenvalue weighted by Gasteiger charge is 2.47. The van der Waals surface area contributed by atoms with Crippen LogP contribution < -0.4 is 0 Å². The van der Waals surface area contributed by atoms with Gasteiger partial charge in [0.1, 0.15) is 0 Å². The van der Waals surface area contributed by atoms with Gasteiger partial charge in [-0.2, -0.15) is 0 Å². The summed E-state index contributed by atoms with van der Waals surface area (Å²) in [6, 6.07) is 7.97. The summed E-state index contributed by atoms with van der Waals surface area (Å²) < 4.78 is 0. The van der Waals surface area contributed by atoms with Crippen molar-refractivity contribution in [2.24, 2.45) is 11.8 Å². The molecule has 0 aromatic heterocycles. The number of amides is 2. The maximum Gasteiger partial charge on any atom is 0.234 e. The van der Waals surface area contributed by atoms with Crippen LogP contribution in [0.4, 0.5) is 0 Å². The van der Waals surface area contributed by atoms with Gasteiger partial charge in [-0.1, -0.05) is 35.9 Å². The fourth-order valence-corrected chi connectivity index (χ4v) is 4.27. The first-order valence-corrected chi connectivity index (χ1v) is 9.69. The topological polar surface area (TPSA) is 43.9 Å². The molecule has 0 radical (unpaired) electrons. The number of hydrogen-bond acceptors (Lipinski definition) is 4. The van der Waals surface area contributed by atoms with E-state index in [9.17, 15) is 9.59 Å². The fraction of sp³-hybridized carbons (Fsp3) is 0.500. The Balaban J connectivity index is 1.29. The Bertz CT molecular complexity index is 684. The van der Waals surface area contributed by atoms with Crippen LogP contribution in [0.25, 0.3) is 0 Å². The number of imide groups is 1. The second kappa shape index (κ2) is 7.51. The van der Waals surface area contributed by atoms with Crippen LogP contribution in [-0.4, -0.2) is 59.4 Å². The number of likely N-dealkylation sites (tertiary alicyclic amines) is 1. The molecule has 1 aromatic carbocycles. The molecule has 6 heteroatoms. The number of nitrogens with zero attached hydrogens (tertiary/aromatic N) is 3. The maximum atomic E-state index is 12.6. The van der Waals surface area contributed by atoms with E-state index >= 15 is 0 Å². The van der Waals surface area contributed by atoms with Crippen LogP contribution in [0, 0.1) is 11.8 Å². The number of fused-ring (bicyclic) bond motifs is 1. The number of piperazine rings is 1. The molecular weight excluding hydrogens is 350 g/mol. The van der Waals surface area contributed by atoms with Crippen molar-refractivity contribution in [3.8, 4) is 0 Å². The number of benzene rings is 1. The van der Waals surface area contributed by atoms with Crippen molar-refractivity contribution in [1.29, 1.82) is 0 Å². The van der Waals surface area contributed by atoms with Gasteiger partial charge in [-0.15, -0.1) is 0 Å². The lowest BCUT2D eigenvalue weighted by molar-refractivity contribution is -0.142. The Kier molecular flexibility index (Phi) is 5.11. The predicted octanol–water partition coefficient (Wildman–Crippen LogP) is 2.37. The van der Waals surface area contributed by atoms with Crippen LogP contribution in [0.3, 0.4) is 0 Å². The van der Waals surface area contributed by atoms with Crippen molar-refractivity contribution in [1.82, 2.24) is 14.7 Å². The van der Waals surface area contributed by atoms with Gasteiger partial charge in [0, 0.05) is 37.7 Å². The molecule has 2 saturated heterocycles. The molecule has 0 spiro atoms. The van der Waals surface area contributed by atoms with Crippen LogP contribution in [0.15, 0.2) is 36.4 Å². The van der Waals surface area contributed by atoms with Crippen LogP contribution in [0.1, 0.15) is 18.4 Å². The van der Waals surface area contributed by atoms with Gasteiger partial charge in [0.15, 0.2) is 0 Å². The minimum atomic E-state index is -0.126. The summed E-state index contributed by atoms with van der Waals surface area (Å²) in [6.07, 6.45) is 5.48. The first-order chi connectivity index (χ1) is 12.6. The molecule has 2 heterocycles. The normalized spacial score (nSPS) is 27.2. The molecule has 138 valence electrons. The van der Waals surface area contributed by atoms with Gasteiger partial charge >= 0.3 is 0 Å². The minimum absolute atomic E-state index is 0.0212. The Morgan fingerprint density at radius 1 is 0.846 bits per heavy atom. The van der Waals surface area contributed by atoms with Gasteiger partial charge in [-0.25, -0.2) is 0 Å². The molecule has 5 nitrogen and oxygen atoms in total. The van der Waals surface area contributed by atoms with Crippen molar-refractivity contribution in [3.63, 3.8) is 0 Å². The molecule has 1 aromatic rings. The molecule has 2 aliphatic heterocycles. The molecule has 0 N–H and O–H groups in total. The third kappa shape index (κ3) is 3.56. The molecule has 3 aliphatic rings. The van der Waals surface area contributed by atoms with E-state index in [1.165, 1.54) is 10.5 Å². The Hall–Kier alpha value is -1.69. The highest BCUT2D eigenvalue weighted by molar-refractivity contribution is 6.30. The summed E-state index contributed by atoms with van der Waals surface area (Å²) in [5.41, 5.74) is 1.25. The minimum Gasteiger partial charge on any atom is -0.297 e. The van der Waals surface area contributed by atoms with Crippen molar-refractivity contribution in [3.05, 3.63) is 47.0 Å². The van der Waals surface area contributed by atoms with Crippen LogP contribution in [0.5, 0.6) is 0 Å². The summed E-state index contributed by atoms with van der Waals surface area (Å²) in [4.78, 5) is 31.3. The summed E-state index contributed by atoms with van der Waals surface area (Å²) in [6.45, 7) is 4.97. The zero-order valence-corrected chi connectivity index (χ0v) is 15.6. The SMILES string of the molecule is O=C1[C@H]2CC=CC[C@H]2C(=O)N1CN1CCN(Cc2ccc(Cl)cc2)CC1. The van der Waals surface area contributed by atoms with E-state index in [0.29, 0.717) is 19.5 Å². The second-order valence-electron chi connectivity index (χ2n) is 7.42. The Morgan fingerprint density at radius 3 is 1.96 bits per heavy atom. The quantitative estimate of drug-likeness (QED) is 0.600. The third-order valence-corrected chi connectivity index (χ3v) is 5.98. The van der Waals surface area contributed by atoms with Crippen LogP contribution in [0.2, 0.25) is 5.02 Å². The molecule has 0 bridgehead atoms.